The van der Waals surface area contributed by atoms with Crippen LogP contribution in [0.25, 0.3) is 0 Å². The van der Waals surface area contributed by atoms with E-state index in [9.17, 15) is 10.2 Å². The van der Waals surface area contributed by atoms with Gasteiger partial charge in [0.1, 0.15) is 0 Å². The lowest BCUT2D eigenvalue weighted by molar-refractivity contribution is 0.128. The summed E-state index contributed by atoms with van der Waals surface area (Å²) < 4.78 is 0.974. The van der Waals surface area contributed by atoms with Crippen LogP contribution in [0.1, 0.15) is 5.56 Å². The van der Waals surface area contributed by atoms with E-state index in [1.807, 2.05) is 30.3 Å². The highest BCUT2D eigenvalue weighted by molar-refractivity contribution is 9.10. The predicted octanol–water partition coefficient (Wildman–Crippen LogP) is 2.22. The molecular formula is C15H15BrN2O2. The molecule has 1 aliphatic heterocycles. The molecule has 20 heavy (non-hydrogen) atoms. The summed E-state index contributed by atoms with van der Waals surface area (Å²) in [5, 5.41) is 19.6. The van der Waals surface area contributed by atoms with Gasteiger partial charge in [0.05, 0.1) is 18.6 Å². The Morgan fingerprint density at radius 2 is 1.85 bits per heavy atom. The minimum absolute atomic E-state index is 0.0836. The molecule has 0 saturated carbocycles. The Bertz CT molecular complexity index is 615. The molecule has 0 bridgehead atoms. The van der Waals surface area contributed by atoms with E-state index in [-0.39, 0.29) is 13.2 Å². The minimum Gasteiger partial charge on any atom is -0.395 e. The van der Waals surface area contributed by atoms with Crippen molar-refractivity contribution < 1.29 is 10.2 Å². The second-order valence-electron chi connectivity index (χ2n) is 5.05. The van der Waals surface area contributed by atoms with Gasteiger partial charge in [0.25, 0.3) is 0 Å². The molecule has 0 atom stereocenters. The number of hydrogen-bond donors (Lipinski definition) is 2. The van der Waals surface area contributed by atoms with Gasteiger partial charge in [-0.15, -0.1) is 0 Å². The van der Waals surface area contributed by atoms with E-state index in [1.165, 1.54) is 0 Å². The first-order chi connectivity index (χ1) is 9.70. The highest BCUT2D eigenvalue weighted by atomic mass is 79.9. The molecular weight excluding hydrogens is 320 g/mol. The van der Waals surface area contributed by atoms with Gasteiger partial charge in [0.2, 0.25) is 0 Å². The molecule has 0 unspecified atom stereocenters. The van der Waals surface area contributed by atoms with E-state index < -0.39 is 5.41 Å². The average molecular weight is 335 g/mol. The third kappa shape index (κ3) is 2.02. The van der Waals surface area contributed by atoms with Crippen LogP contribution >= 0.6 is 15.9 Å². The van der Waals surface area contributed by atoms with Gasteiger partial charge >= 0.3 is 0 Å². The van der Waals surface area contributed by atoms with Crippen molar-refractivity contribution in [2.45, 2.75) is 5.41 Å². The molecule has 2 aromatic rings. The van der Waals surface area contributed by atoms with Crippen LogP contribution in [0, 0.1) is 0 Å². The molecule has 0 aliphatic carbocycles. The number of pyridine rings is 1. The molecule has 3 rings (SSSR count). The lowest BCUT2D eigenvalue weighted by Gasteiger charge is -2.26. The maximum Gasteiger partial charge on any atom is 0.0614 e. The van der Waals surface area contributed by atoms with Crippen molar-refractivity contribution in [1.82, 2.24) is 4.98 Å². The summed E-state index contributed by atoms with van der Waals surface area (Å²) in [6, 6.07) is 9.77. The fourth-order valence-electron chi connectivity index (χ4n) is 2.72. The number of halogens is 1. The molecule has 0 spiro atoms. The van der Waals surface area contributed by atoms with Crippen molar-refractivity contribution >= 4 is 27.3 Å². The lowest BCUT2D eigenvalue weighted by Crippen LogP contribution is -2.38. The maximum absolute atomic E-state index is 9.79. The number of rotatable bonds is 3. The van der Waals surface area contributed by atoms with E-state index in [4.69, 9.17) is 0 Å². The Labute approximate surface area is 125 Å². The van der Waals surface area contributed by atoms with Crippen LogP contribution in [0.2, 0.25) is 0 Å². The van der Waals surface area contributed by atoms with Crippen molar-refractivity contribution in [2.24, 2.45) is 0 Å². The van der Waals surface area contributed by atoms with Crippen LogP contribution in [0.3, 0.4) is 0 Å². The highest BCUT2D eigenvalue weighted by Crippen LogP contribution is 2.45. The first-order valence-corrected chi connectivity index (χ1v) is 7.19. The number of nitrogens with zero attached hydrogens (tertiary/aromatic N) is 2. The van der Waals surface area contributed by atoms with Crippen molar-refractivity contribution in [3.05, 3.63) is 52.8 Å². The second-order valence-corrected chi connectivity index (χ2v) is 5.97. The molecule has 1 aromatic heterocycles. The topological polar surface area (TPSA) is 56.6 Å². The second kappa shape index (κ2) is 5.16. The standard InChI is InChI=1S/C15H15BrN2O2/c16-11-1-2-13-14(7-11)18(8-15(13,9-19)10-20)12-3-5-17-6-4-12/h1-7,19-20H,8-10H2. The van der Waals surface area contributed by atoms with Crippen molar-refractivity contribution in [3.8, 4) is 0 Å². The Balaban J connectivity index is 2.15. The number of aliphatic hydroxyl groups excluding tert-OH is 2. The molecule has 0 amide bonds. The largest absolute Gasteiger partial charge is 0.395 e. The first kappa shape index (κ1) is 13.5. The molecule has 0 saturated heterocycles. The Morgan fingerprint density at radius 3 is 2.50 bits per heavy atom. The number of fused-ring (bicyclic) bond motifs is 1. The predicted molar refractivity (Wildman–Crippen MR) is 81.2 cm³/mol. The molecule has 0 fully saturated rings. The number of hydrogen-bond acceptors (Lipinski definition) is 4. The van der Waals surface area contributed by atoms with Gasteiger partial charge in [-0.1, -0.05) is 22.0 Å². The molecule has 1 aromatic carbocycles. The fourth-order valence-corrected chi connectivity index (χ4v) is 3.07. The van der Waals surface area contributed by atoms with Crippen LogP contribution in [-0.2, 0) is 5.41 Å². The molecule has 4 nitrogen and oxygen atoms in total. The number of benzene rings is 1. The average Bonchev–Trinajstić information content (AvgIpc) is 2.82. The zero-order valence-corrected chi connectivity index (χ0v) is 12.4. The van der Waals surface area contributed by atoms with Gasteiger partial charge in [-0.05, 0) is 29.8 Å². The third-order valence-corrected chi connectivity index (χ3v) is 4.36. The summed E-state index contributed by atoms with van der Waals surface area (Å²) in [7, 11) is 0. The SMILES string of the molecule is OCC1(CO)CN(c2ccncc2)c2cc(Br)ccc21. The molecule has 104 valence electrons. The van der Waals surface area contributed by atoms with Crippen LogP contribution in [0.5, 0.6) is 0 Å². The Hall–Kier alpha value is -1.43. The summed E-state index contributed by atoms with van der Waals surface area (Å²) >= 11 is 3.48. The Kier molecular flexibility index (Phi) is 3.50. The van der Waals surface area contributed by atoms with Gasteiger partial charge in [-0.2, -0.15) is 0 Å². The van der Waals surface area contributed by atoms with Crippen molar-refractivity contribution in [1.29, 1.82) is 0 Å². The smallest absolute Gasteiger partial charge is 0.0614 e. The molecule has 2 N–H and O–H groups in total. The summed E-state index contributed by atoms with van der Waals surface area (Å²) in [6.07, 6.45) is 3.48. The van der Waals surface area contributed by atoms with Crippen molar-refractivity contribution in [3.63, 3.8) is 0 Å². The summed E-state index contributed by atoms with van der Waals surface area (Å²) in [4.78, 5) is 6.14. The first-order valence-electron chi connectivity index (χ1n) is 6.39. The van der Waals surface area contributed by atoms with E-state index in [2.05, 4.69) is 25.8 Å². The number of aliphatic hydroxyl groups is 2. The van der Waals surface area contributed by atoms with Crippen LogP contribution in [-0.4, -0.2) is 35.0 Å². The van der Waals surface area contributed by atoms with E-state index in [0.29, 0.717) is 6.54 Å². The zero-order chi connectivity index (χ0) is 14.2. The number of anilines is 2. The van der Waals surface area contributed by atoms with Gasteiger partial charge in [-0.3, -0.25) is 4.98 Å². The quantitative estimate of drug-likeness (QED) is 0.903. The monoisotopic (exact) mass is 334 g/mol. The molecule has 1 aliphatic rings. The summed E-state index contributed by atoms with van der Waals surface area (Å²) in [5.41, 5.74) is 2.36. The summed E-state index contributed by atoms with van der Waals surface area (Å²) in [5.74, 6) is 0. The normalized spacial score (nSPS) is 16.2. The van der Waals surface area contributed by atoms with E-state index in [0.717, 1.165) is 21.4 Å². The lowest BCUT2D eigenvalue weighted by atomic mass is 9.84. The van der Waals surface area contributed by atoms with Crippen LogP contribution < -0.4 is 4.90 Å². The van der Waals surface area contributed by atoms with E-state index >= 15 is 0 Å². The highest BCUT2D eigenvalue weighted by Gasteiger charge is 2.42. The van der Waals surface area contributed by atoms with Gasteiger partial charge in [0, 0.05) is 34.8 Å². The van der Waals surface area contributed by atoms with Crippen LogP contribution in [0.4, 0.5) is 11.4 Å². The van der Waals surface area contributed by atoms with Crippen LogP contribution in [0.15, 0.2) is 47.2 Å². The molecule has 2 heterocycles. The van der Waals surface area contributed by atoms with Gasteiger partial charge in [0.15, 0.2) is 0 Å². The third-order valence-electron chi connectivity index (χ3n) is 3.86. The van der Waals surface area contributed by atoms with E-state index in [1.54, 1.807) is 12.4 Å². The molecule has 5 heteroatoms. The summed E-state index contributed by atoms with van der Waals surface area (Å²) in [6.45, 7) is 0.384. The maximum atomic E-state index is 9.79. The van der Waals surface area contributed by atoms with Crippen molar-refractivity contribution in [2.75, 3.05) is 24.7 Å². The fraction of sp³-hybridized carbons (Fsp3) is 0.267. The number of aromatic nitrogens is 1. The zero-order valence-electron chi connectivity index (χ0n) is 10.8. The minimum atomic E-state index is -0.626. The van der Waals surface area contributed by atoms with Gasteiger partial charge < -0.3 is 15.1 Å². The molecule has 0 radical (unpaired) electrons. The Morgan fingerprint density at radius 1 is 1.15 bits per heavy atom. The van der Waals surface area contributed by atoms with Gasteiger partial charge in [-0.25, -0.2) is 0 Å².